The van der Waals surface area contributed by atoms with Gasteiger partial charge >= 0.3 is 6.03 Å². The van der Waals surface area contributed by atoms with Crippen LogP contribution < -0.4 is 10.6 Å². The number of imide groups is 1. The fourth-order valence-corrected chi connectivity index (χ4v) is 3.04. The molecule has 1 aromatic rings. The van der Waals surface area contributed by atoms with Crippen LogP contribution in [0.2, 0.25) is 15.1 Å². The summed E-state index contributed by atoms with van der Waals surface area (Å²) in [6, 6.07) is 1.62. The minimum atomic E-state index is -0.627. The van der Waals surface area contributed by atoms with Crippen LogP contribution in [0.3, 0.4) is 0 Å². The number of carbonyl (C=O) groups is 3. The molecule has 2 rings (SSSR count). The summed E-state index contributed by atoms with van der Waals surface area (Å²) in [6.07, 6.45) is 0. The van der Waals surface area contributed by atoms with E-state index >= 15 is 0 Å². The molecule has 0 bridgehead atoms. The third-order valence-electron chi connectivity index (χ3n) is 3.30. The third-order valence-corrected chi connectivity index (χ3v) is 4.11. The van der Waals surface area contributed by atoms with Gasteiger partial charge in [0.15, 0.2) is 0 Å². The number of nitrogens with one attached hydrogen (secondary N) is 2. The number of amides is 4. The Labute approximate surface area is 148 Å². The van der Waals surface area contributed by atoms with Crippen molar-refractivity contribution >= 4 is 58.3 Å². The molecule has 23 heavy (non-hydrogen) atoms. The number of hydrogen-bond donors (Lipinski definition) is 2. The van der Waals surface area contributed by atoms with Crippen LogP contribution in [-0.2, 0) is 9.59 Å². The number of carbonyl (C=O) groups excluding carboxylic acids is 3. The topological polar surface area (TPSA) is 78.5 Å². The highest BCUT2D eigenvalue weighted by Crippen LogP contribution is 2.33. The number of rotatable bonds is 4. The zero-order valence-corrected chi connectivity index (χ0v) is 14.6. The largest absolute Gasteiger partial charge is 0.326 e. The molecule has 124 valence electrons. The minimum Gasteiger partial charge on any atom is -0.326 e. The maximum absolute atomic E-state index is 12.1. The van der Waals surface area contributed by atoms with E-state index in [9.17, 15) is 14.4 Å². The van der Waals surface area contributed by atoms with E-state index in [1.807, 2.05) is 0 Å². The van der Waals surface area contributed by atoms with Gasteiger partial charge in [-0.25, -0.2) is 4.79 Å². The van der Waals surface area contributed by atoms with Gasteiger partial charge in [-0.05, 0) is 18.1 Å². The van der Waals surface area contributed by atoms with Gasteiger partial charge in [0, 0.05) is 5.02 Å². The molecule has 1 fully saturated rings. The van der Waals surface area contributed by atoms with Crippen molar-refractivity contribution in [1.29, 1.82) is 0 Å². The van der Waals surface area contributed by atoms with Crippen molar-refractivity contribution in [2.75, 3.05) is 11.9 Å². The second kappa shape index (κ2) is 6.95. The van der Waals surface area contributed by atoms with Gasteiger partial charge in [-0.1, -0.05) is 48.7 Å². The highest BCUT2D eigenvalue weighted by Gasteiger charge is 2.40. The van der Waals surface area contributed by atoms with E-state index in [0.717, 1.165) is 4.90 Å². The lowest BCUT2D eigenvalue weighted by Gasteiger charge is -2.15. The predicted octanol–water partition coefficient (Wildman–Crippen LogP) is 3.16. The molecule has 0 radical (unpaired) electrons. The van der Waals surface area contributed by atoms with Crippen molar-refractivity contribution in [2.24, 2.45) is 5.92 Å². The smallest absolute Gasteiger partial charge is 0.325 e. The van der Waals surface area contributed by atoms with Crippen molar-refractivity contribution in [1.82, 2.24) is 10.2 Å². The van der Waals surface area contributed by atoms with Gasteiger partial charge < -0.3 is 10.6 Å². The average Bonchev–Trinajstić information content (AvgIpc) is 2.71. The lowest BCUT2D eigenvalue weighted by molar-refractivity contribution is -0.131. The minimum absolute atomic E-state index is 0.0698. The van der Waals surface area contributed by atoms with Crippen molar-refractivity contribution in [3.8, 4) is 0 Å². The molecule has 1 aliphatic heterocycles. The lowest BCUT2D eigenvalue weighted by Crippen LogP contribution is -2.39. The van der Waals surface area contributed by atoms with E-state index in [-0.39, 0.29) is 21.7 Å². The number of anilines is 1. The van der Waals surface area contributed by atoms with E-state index in [1.54, 1.807) is 13.8 Å². The molecule has 9 heteroatoms. The van der Waals surface area contributed by atoms with Gasteiger partial charge in [0.1, 0.15) is 12.6 Å². The Hall–Kier alpha value is -1.50. The zero-order valence-electron chi connectivity index (χ0n) is 12.3. The molecular weight excluding hydrogens is 365 g/mol. The highest BCUT2D eigenvalue weighted by atomic mass is 35.5. The van der Waals surface area contributed by atoms with Crippen LogP contribution in [0.4, 0.5) is 10.5 Å². The maximum atomic E-state index is 12.1. The summed E-state index contributed by atoms with van der Waals surface area (Å²) in [5.74, 6) is -1.10. The van der Waals surface area contributed by atoms with Crippen LogP contribution >= 0.6 is 34.8 Å². The standard InChI is InChI=1S/C14H14Cl3N3O3/c1-6(2)11-13(22)20(14(23)19-11)5-10(21)18-12-8(16)3-7(15)4-9(12)17/h3-4,6,11H,5H2,1-2H3,(H,18,21)(H,19,23). The van der Waals surface area contributed by atoms with E-state index < -0.39 is 30.4 Å². The molecule has 1 atom stereocenters. The molecule has 0 aliphatic carbocycles. The van der Waals surface area contributed by atoms with Crippen molar-refractivity contribution in [2.45, 2.75) is 19.9 Å². The summed E-state index contributed by atoms with van der Waals surface area (Å²) in [5.41, 5.74) is 0.176. The Morgan fingerprint density at radius 2 is 1.83 bits per heavy atom. The summed E-state index contributed by atoms with van der Waals surface area (Å²) < 4.78 is 0. The third kappa shape index (κ3) is 3.88. The quantitative estimate of drug-likeness (QED) is 0.790. The molecule has 1 unspecified atom stereocenters. The molecule has 4 amide bonds. The summed E-state index contributed by atoms with van der Waals surface area (Å²) in [4.78, 5) is 36.9. The maximum Gasteiger partial charge on any atom is 0.325 e. The number of urea groups is 1. The van der Waals surface area contributed by atoms with Gasteiger partial charge in [0.05, 0.1) is 15.7 Å². The zero-order chi connectivity index (χ0) is 17.3. The molecule has 1 saturated heterocycles. The molecular formula is C14H14Cl3N3O3. The first kappa shape index (κ1) is 17.8. The van der Waals surface area contributed by atoms with Crippen molar-refractivity contribution in [3.05, 3.63) is 27.2 Å². The van der Waals surface area contributed by atoms with Crippen LogP contribution in [0, 0.1) is 5.92 Å². The SMILES string of the molecule is CC(C)C1NC(=O)N(CC(=O)Nc2c(Cl)cc(Cl)cc2Cl)C1=O. The molecule has 6 nitrogen and oxygen atoms in total. The molecule has 2 N–H and O–H groups in total. The molecule has 1 aliphatic rings. The van der Waals surface area contributed by atoms with E-state index in [4.69, 9.17) is 34.8 Å². The fourth-order valence-electron chi connectivity index (χ4n) is 2.13. The number of hydrogen-bond acceptors (Lipinski definition) is 3. The lowest BCUT2D eigenvalue weighted by atomic mass is 10.1. The normalized spacial score (nSPS) is 17.7. The first-order valence-corrected chi connectivity index (χ1v) is 7.90. The molecule has 0 saturated carbocycles. The fraction of sp³-hybridized carbons (Fsp3) is 0.357. The highest BCUT2D eigenvalue weighted by molar-refractivity contribution is 6.42. The first-order chi connectivity index (χ1) is 10.7. The van der Waals surface area contributed by atoms with Crippen LogP contribution in [0.5, 0.6) is 0 Å². The summed E-state index contributed by atoms with van der Waals surface area (Å²) in [7, 11) is 0. The Morgan fingerprint density at radius 3 is 2.30 bits per heavy atom. The Morgan fingerprint density at radius 1 is 1.26 bits per heavy atom. The van der Waals surface area contributed by atoms with Crippen LogP contribution in [0.15, 0.2) is 12.1 Å². The second-order valence-electron chi connectivity index (χ2n) is 5.39. The Bertz CT molecular complexity index is 655. The average molecular weight is 379 g/mol. The van der Waals surface area contributed by atoms with Gasteiger partial charge in [0.2, 0.25) is 5.91 Å². The number of halogens is 3. The van der Waals surface area contributed by atoms with E-state index in [2.05, 4.69) is 10.6 Å². The summed E-state index contributed by atoms with van der Waals surface area (Å²) >= 11 is 17.7. The molecule has 0 spiro atoms. The number of benzene rings is 1. The van der Waals surface area contributed by atoms with E-state index in [0.29, 0.717) is 5.02 Å². The van der Waals surface area contributed by atoms with Crippen LogP contribution in [0.1, 0.15) is 13.8 Å². The first-order valence-electron chi connectivity index (χ1n) is 6.77. The molecule has 1 heterocycles. The van der Waals surface area contributed by atoms with Crippen LogP contribution in [-0.4, -0.2) is 35.3 Å². The number of nitrogens with zero attached hydrogens (tertiary/aromatic N) is 1. The second-order valence-corrected chi connectivity index (χ2v) is 6.64. The Balaban J connectivity index is 2.09. The van der Waals surface area contributed by atoms with Gasteiger partial charge in [-0.15, -0.1) is 0 Å². The van der Waals surface area contributed by atoms with Crippen molar-refractivity contribution < 1.29 is 14.4 Å². The molecule has 0 aromatic heterocycles. The summed E-state index contributed by atoms with van der Waals surface area (Å²) in [6.45, 7) is 3.18. The Kier molecular flexibility index (Phi) is 5.39. The summed E-state index contributed by atoms with van der Waals surface area (Å²) in [5, 5.41) is 5.67. The van der Waals surface area contributed by atoms with E-state index in [1.165, 1.54) is 12.1 Å². The molecule has 1 aromatic carbocycles. The van der Waals surface area contributed by atoms with Gasteiger partial charge in [-0.2, -0.15) is 0 Å². The van der Waals surface area contributed by atoms with Gasteiger partial charge in [-0.3, -0.25) is 14.5 Å². The van der Waals surface area contributed by atoms with Gasteiger partial charge in [0.25, 0.3) is 5.91 Å². The predicted molar refractivity (Wildman–Crippen MR) is 89.0 cm³/mol. The van der Waals surface area contributed by atoms with Crippen molar-refractivity contribution in [3.63, 3.8) is 0 Å². The van der Waals surface area contributed by atoms with Crippen LogP contribution in [0.25, 0.3) is 0 Å². The monoisotopic (exact) mass is 377 g/mol.